The van der Waals surface area contributed by atoms with Gasteiger partial charge in [0, 0.05) is 0 Å². The maximum absolute atomic E-state index is 12.9. The Morgan fingerprint density at radius 3 is 2.33 bits per heavy atom. The lowest BCUT2D eigenvalue weighted by Gasteiger charge is -2.26. The lowest BCUT2D eigenvalue weighted by atomic mass is 9.98. The second-order valence-electron chi connectivity index (χ2n) is 2.75. The summed E-state index contributed by atoms with van der Waals surface area (Å²) in [5.74, 6) is -3.31. The van der Waals surface area contributed by atoms with Crippen LogP contribution >= 0.6 is 0 Å². The summed E-state index contributed by atoms with van der Waals surface area (Å²) < 4.78 is 25.9. The minimum absolute atomic E-state index is 0.496. The Balaban J connectivity index is 4.59. The topological polar surface area (TPSA) is 20.2 Å². The molecule has 3 heteroatoms. The number of hydrogen-bond donors (Lipinski definition) is 1. The third kappa shape index (κ3) is 2.41. The summed E-state index contributed by atoms with van der Waals surface area (Å²) in [7, 11) is 0. The van der Waals surface area contributed by atoms with E-state index in [9.17, 15) is 8.78 Å². The maximum Gasteiger partial charge on any atom is 0.297 e. The molecule has 1 radical (unpaired) electrons. The van der Waals surface area contributed by atoms with Crippen molar-refractivity contribution in [3.05, 3.63) is 24.8 Å². The van der Waals surface area contributed by atoms with Crippen LogP contribution in [-0.4, -0.2) is 16.6 Å². The van der Waals surface area contributed by atoms with E-state index < -0.39 is 11.5 Å². The summed E-state index contributed by atoms with van der Waals surface area (Å²) in [5.41, 5.74) is -2.28. The number of halogens is 2. The molecule has 0 aromatic carbocycles. The van der Waals surface area contributed by atoms with Crippen LogP contribution in [0.15, 0.2) is 18.2 Å². The van der Waals surface area contributed by atoms with Crippen LogP contribution in [0.3, 0.4) is 0 Å². The summed E-state index contributed by atoms with van der Waals surface area (Å²) in [6.07, 6.45) is 3.04. The highest BCUT2D eigenvalue weighted by Crippen LogP contribution is 2.30. The van der Waals surface area contributed by atoms with Gasteiger partial charge in [-0.25, -0.2) is 0 Å². The maximum atomic E-state index is 12.9. The summed E-state index contributed by atoms with van der Waals surface area (Å²) in [5, 5.41) is 9.10. The minimum atomic E-state index is -3.31. The van der Waals surface area contributed by atoms with Crippen LogP contribution in [0.2, 0.25) is 0 Å². The van der Waals surface area contributed by atoms with Crippen LogP contribution in [0.1, 0.15) is 20.3 Å². The molecule has 0 spiro atoms. The third-order valence-corrected chi connectivity index (χ3v) is 1.56. The molecule has 12 heavy (non-hydrogen) atoms. The largest absolute Gasteiger partial charge is 0.379 e. The first kappa shape index (κ1) is 11.3. The molecule has 0 saturated carbocycles. The molecule has 0 aliphatic heterocycles. The Bertz CT molecular complexity index is 183. The SMILES string of the molecule is [CH]=CC(C)(O)C(F)(F)/C=C\CC. The molecule has 0 aromatic rings. The predicted molar refractivity (Wildman–Crippen MR) is 43.9 cm³/mol. The second kappa shape index (κ2) is 3.81. The van der Waals surface area contributed by atoms with Gasteiger partial charge in [0.15, 0.2) is 0 Å². The number of rotatable bonds is 4. The fourth-order valence-electron chi connectivity index (χ4n) is 0.546. The van der Waals surface area contributed by atoms with Crippen molar-refractivity contribution >= 4 is 0 Å². The van der Waals surface area contributed by atoms with Crippen molar-refractivity contribution in [2.75, 3.05) is 0 Å². The fourth-order valence-corrected chi connectivity index (χ4v) is 0.546. The van der Waals surface area contributed by atoms with E-state index in [2.05, 4.69) is 0 Å². The third-order valence-electron chi connectivity index (χ3n) is 1.56. The zero-order chi connectivity index (χ0) is 9.83. The van der Waals surface area contributed by atoms with Gasteiger partial charge in [0.25, 0.3) is 5.92 Å². The van der Waals surface area contributed by atoms with Crippen LogP contribution in [0.25, 0.3) is 0 Å². The Morgan fingerprint density at radius 2 is 2.00 bits per heavy atom. The molecule has 0 bridgehead atoms. The van der Waals surface area contributed by atoms with E-state index in [1.54, 1.807) is 6.92 Å². The highest BCUT2D eigenvalue weighted by molar-refractivity contribution is 5.11. The van der Waals surface area contributed by atoms with Gasteiger partial charge >= 0.3 is 0 Å². The zero-order valence-electron chi connectivity index (χ0n) is 7.22. The van der Waals surface area contributed by atoms with Crippen LogP contribution in [0.5, 0.6) is 0 Å². The van der Waals surface area contributed by atoms with Crippen LogP contribution < -0.4 is 0 Å². The van der Waals surface area contributed by atoms with Gasteiger partial charge in [-0.05, 0) is 25.5 Å². The van der Waals surface area contributed by atoms with E-state index >= 15 is 0 Å². The van der Waals surface area contributed by atoms with Crippen molar-refractivity contribution in [2.24, 2.45) is 0 Å². The van der Waals surface area contributed by atoms with Crippen molar-refractivity contribution in [3.63, 3.8) is 0 Å². The normalized spacial score (nSPS) is 17.8. The lowest BCUT2D eigenvalue weighted by molar-refractivity contribution is -0.109. The van der Waals surface area contributed by atoms with Gasteiger partial charge < -0.3 is 5.11 Å². The second-order valence-corrected chi connectivity index (χ2v) is 2.75. The number of hydrogen-bond acceptors (Lipinski definition) is 1. The molecule has 0 fully saturated rings. The molecule has 0 rings (SSSR count). The fraction of sp³-hybridized carbons (Fsp3) is 0.556. The molecule has 0 heterocycles. The van der Waals surface area contributed by atoms with Gasteiger partial charge in [0.2, 0.25) is 0 Å². The lowest BCUT2D eigenvalue weighted by Crippen LogP contribution is -2.41. The number of alkyl halides is 2. The predicted octanol–water partition coefficient (Wildman–Crippen LogP) is 2.33. The molecule has 1 nitrogen and oxygen atoms in total. The van der Waals surface area contributed by atoms with Gasteiger partial charge in [-0.2, -0.15) is 8.78 Å². The van der Waals surface area contributed by atoms with Crippen LogP contribution in [0.4, 0.5) is 8.78 Å². The molecular weight excluding hydrogens is 162 g/mol. The number of allylic oxidation sites excluding steroid dienone is 1. The van der Waals surface area contributed by atoms with Gasteiger partial charge in [-0.15, -0.1) is 0 Å². The standard InChI is InChI=1S/C9H13F2O/c1-4-6-7-9(10,11)8(3,12)5-2/h2,5-7,12H,4H2,1,3H3/b5-2?,7-6-. The highest BCUT2D eigenvalue weighted by atomic mass is 19.3. The molecule has 0 aliphatic carbocycles. The van der Waals surface area contributed by atoms with E-state index in [1.807, 2.05) is 0 Å². The Hall–Kier alpha value is -0.700. The van der Waals surface area contributed by atoms with Crippen molar-refractivity contribution < 1.29 is 13.9 Å². The molecule has 1 atom stereocenters. The van der Waals surface area contributed by atoms with Gasteiger partial charge in [-0.3, -0.25) is 0 Å². The Morgan fingerprint density at radius 1 is 1.50 bits per heavy atom. The van der Waals surface area contributed by atoms with Crippen molar-refractivity contribution in [3.8, 4) is 0 Å². The van der Waals surface area contributed by atoms with Gasteiger partial charge in [-0.1, -0.05) is 19.6 Å². The highest BCUT2D eigenvalue weighted by Gasteiger charge is 2.44. The average molecular weight is 175 g/mol. The van der Waals surface area contributed by atoms with Gasteiger partial charge in [0.05, 0.1) is 0 Å². The molecule has 1 unspecified atom stereocenters. The van der Waals surface area contributed by atoms with E-state index in [4.69, 9.17) is 11.7 Å². The Kier molecular flexibility index (Phi) is 3.58. The van der Waals surface area contributed by atoms with E-state index in [-0.39, 0.29) is 0 Å². The van der Waals surface area contributed by atoms with E-state index in [0.717, 1.165) is 6.92 Å². The van der Waals surface area contributed by atoms with Crippen molar-refractivity contribution in [1.82, 2.24) is 0 Å². The molecule has 0 aliphatic rings. The van der Waals surface area contributed by atoms with E-state index in [0.29, 0.717) is 18.6 Å². The summed E-state index contributed by atoms with van der Waals surface area (Å²) >= 11 is 0. The van der Waals surface area contributed by atoms with E-state index in [1.165, 1.54) is 6.08 Å². The zero-order valence-corrected chi connectivity index (χ0v) is 7.22. The molecule has 0 aromatic heterocycles. The molecule has 0 amide bonds. The minimum Gasteiger partial charge on any atom is -0.379 e. The molecule has 0 saturated heterocycles. The first-order valence-corrected chi connectivity index (χ1v) is 3.71. The first-order valence-electron chi connectivity index (χ1n) is 3.71. The molecule has 69 valence electrons. The quantitative estimate of drug-likeness (QED) is 0.650. The summed E-state index contributed by atoms with van der Waals surface area (Å²) in [6.45, 7) is 7.57. The average Bonchev–Trinajstić information content (AvgIpc) is 2.00. The Labute approximate surface area is 71.4 Å². The number of aliphatic hydroxyl groups is 1. The molecule has 1 N–H and O–H groups in total. The van der Waals surface area contributed by atoms with Gasteiger partial charge in [0.1, 0.15) is 5.60 Å². The van der Waals surface area contributed by atoms with Crippen molar-refractivity contribution in [1.29, 1.82) is 0 Å². The van der Waals surface area contributed by atoms with Crippen molar-refractivity contribution in [2.45, 2.75) is 31.8 Å². The first-order chi connectivity index (χ1) is 5.37. The van der Waals surface area contributed by atoms with Crippen LogP contribution in [0, 0.1) is 6.58 Å². The summed E-state index contributed by atoms with van der Waals surface area (Å²) in [6, 6.07) is 0. The molecular formula is C9H13F2O. The smallest absolute Gasteiger partial charge is 0.297 e. The van der Waals surface area contributed by atoms with Crippen LogP contribution in [-0.2, 0) is 0 Å². The monoisotopic (exact) mass is 175 g/mol. The summed E-state index contributed by atoms with van der Waals surface area (Å²) in [4.78, 5) is 0.